The van der Waals surface area contributed by atoms with E-state index in [1.807, 2.05) is 29.2 Å². The quantitative estimate of drug-likeness (QED) is 0.711. The highest BCUT2D eigenvalue weighted by molar-refractivity contribution is 5.76. The zero-order chi connectivity index (χ0) is 19.8. The molecule has 0 aliphatic carbocycles. The summed E-state index contributed by atoms with van der Waals surface area (Å²) in [4.78, 5) is 14.5. The molecule has 1 unspecified atom stereocenters. The molecule has 0 radical (unpaired) electrons. The zero-order valence-corrected chi connectivity index (χ0v) is 16.5. The Morgan fingerprint density at radius 1 is 1.21 bits per heavy atom. The number of aryl methyl sites for hydroxylation is 3. The lowest BCUT2D eigenvalue weighted by Gasteiger charge is -2.35. The van der Waals surface area contributed by atoms with Gasteiger partial charge in [0.25, 0.3) is 0 Å². The molecule has 1 aliphatic heterocycles. The minimum atomic E-state index is 0.104. The van der Waals surface area contributed by atoms with Crippen molar-refractivity contribution >= 4 is 5.91 Å². The Kier molecular flexibility index (Phi) is 7.42. The highest BCUT2D eigenvalue weighted by Gasteiger charge is 2.26. The molecule has 0 saturated carbocycles. The van der Waals surface area contributed by atoms with Crippen molar-refractivity contribution < 1.29 is 19.1 Å². The number of piperidine rings is 1. The van der Waals surface area contributed by atoms with Gasteiger partial charge in [0.1, 0.15) is 5.75 Å². The van der Waals surface area contributed by atoms with Crippen molar-refractivity contribution in [3.8, 4) is 5.75 Å². The molecule has 1 saturated heterocycles. The number of rotatable bonds is 9. The standard InChI is InChI=1S/C21H29N3O4/c1-27-18-8-3-2-6-16(18)9-10-19-22-23-20(28-19)11-12-21(26)24-14-5-4-7-17(24)13-15-25/h2-3,6,8,17,25H,4-5,7,9-15H2,1H3. The van der Waals surface area contributed by atoms with E-state index in [9.17, 15) is 9.90 Å². The number of aliphatic hydroxyl groups is 1. The van der Waals surface area contributed by atoms with Gasteiger partial charge in [-0.05, 0) is 43.7 Å². The number of methoxy groups -OCH3 is 1. The lowest BCUT2D eigenvalue weighted by molar-refractivity contribution is -0.135. The Bertz CT molecular complexity index is 760. The molecule has 1 fully saturated rings. The molecule has 0 bridgehead atoms. The number of amides is 1. The molecular formula is C21H29N3O4. The summed E-state index contributed by atoms with van der Waals surface area (Å²) in [6.45, 7) is 0.894. The summed E-state index contributed by atoms with van der Waals surface area (Å²) in [7, 11) is 1.66. The second kappa shape index (κ2) is 10.2. The highest BCUT2D eigenvalue weighted by Crippen LogP contribution is 2.21. The number of likely N-dealkylation sites (tertiary alicyclic amines) is 1. The maximum atomic E-state index is 12.6. The van der Waals surface area contributed by atoms with Crippen LogP contribution in [0.25, 0.3) is 0 Å². The summed E-state index contributed by atoms with van der Waals surface area (Å²) in [5.74, 6) is 2.03. The molecule has 2 aromatic rings. The van der Waals surface area contributed by atoms with E-state index in [-0.39, 0.29) is 18.6 Å². The summed E-state index contributed by atoms with van der Waals surface area (Å²) < 4.78 is 11.1. The summed E-state index contributed by atoms with van der Waals surface area (Å²) in [5.41, 5.74) is 1.10. The van der Waals surface area contributed by atoms with Gasteiger partial charge in [-0.2, -0.15) is 0 Å². The molecule has 1 aromatic heterocycles. The number of para-hydroxylation sites is 1. The zero-order valence-electron chi connectivity index (χ0n) is 16.5. The lowest BCUT2D eigenvalue weighted by atomic mass is 9.99. The second-order valence-corrected chi connectivity index (χ2v) is 7.15. The van der Waals surface area contributed by atoms with E-state index < -0.39 is 0 Å². The van der Waals surface area contributed by atoms with E-state index in [0.717, 1.165) is 43.5 Å². The van der Waals surface area contributed by atoms with Crippen LogP contribution in [-0.2, 0) is 24.1 Å². The molecule has 1 aromatic carbocycles. The van der Waals surface area contributed by atoms with Gasteiger partial charge in [0, 0.05) is 38.5 Å². The van der Waals surface area contributed by atoms with Gasteiger partial charge in [-0.1, -0.05) is 18.2 Å². The fourth-order valence-corrected chi connectivity index (χ4v) is 3.78. The minimum absolute atomic E-state index is 0.104. The molecular weight excluding hydrogens is 358 g/mol. The molecule has 152 valence electrons. The number of carbonyl (C=O) groups excluding carboxylic acids is 1. The number of hydrogen-bond acceptors (Lipinski definition) is 6. The van der Waals surface area contributed by atoms with E-state index in [4.69, 9.17) is 9.15 Å². The Morgan fingerprint density at radius 2 is 2.00 bits per heavy atom. The van der Waals surface area contributed by atoms with E-state index in [1.54, 1.807) is 7.11 Å². The average Bonchev–Trinajstić information content (AvgIpc) is 3.19. The van der Waals surface area contributed by atoms with Gasteiger partial charge in [-0.15, -0.1) is 10.2 Å². The molecule has 3 rings (SSSR count). The number of benzene rings is 1. The van der Waals surface area contributed by atoms with Crippen LogP contribution in [0.4, 0.5) is 0 Å². The third kappa shape index (κ3) is 5.32. The molecule has 1 aliphatic rings. The molecule has 1 amide bonds. The number of nitrogens with zero attached hydrogens (tertiary/aromatic N) is 3. The van der Waals surface area contributed by atoms with Crippen molar-refractivity contribution in [2.24, 2.45) is 0 Å². The van der Waals surface area contributed by atoms with E-state index in [2.05, 4.69) is 10.2 Å². The molecule has 2 heterocycles. The molecule has 7 nitrogen and oxygen atoms in total. The van der Waals surface area contributed by atoms with Gasteiger partial charge in [-0.25, -0.2) is 0 Å². The van der Waals surface area contributed by atoms with Crippen molar-refractivity contribution in [3.05, 3.63) is 41.6 Å². The van der Waals surface area contributed by atoms with Crippen LogP contribution < -0.4 is 4.74 Å². The fourth-order valence-electron chi connectivity index (χ4n) is 3.78. The SMILES string of the molecule is COc1ccccc1CCc1nnc(CCC(=O)N2CCCCC2CCO)o1. The number of aliphatic hydroxyl groups excluding tert-OH is 1. The van der Waals surface area contributed by atoms with Crippen LogP contribution in [0.5, 0.6) is 5.75 Å². The van der Waals surface area contributed by atoms with Gasteiger partial charge in [0.15, 0.2) is 0 Å². The number of carbonyl (C=O) groups is 1. The number of ether oxygens (including phenoxy) is 1. The van der Waals surface area contributed by atoms with Crippen LogP contribution >= 0.6 is 0 Å². The predicted octanol–water partition coefficient (Wildman–Crippen LogP) is 2.56. The maximum Gasteiger partial charge on any atom is 0.223 e. The van der Waals surface area contributed by atoms with Gasteiger partial charge in [-0.3, -0.25) is 4.79 Å². The van der Waals surface area contributed by atoms with Crippen molar-refractivity contribution in [3.63, 3.8) is 0 Å². The first-order chi connectivity index (χ1) is 13.7. The highest BCUT2D eigenvalue weighted by atomic mass is 16.5. The Hall–Kier alpha value is -2.41. The summed E-state index contributed by atoms with van der Waals surface area (Å²) >= 11 is 0. The number of hydrogen-bond donors (Lipinski definition) is 1. The Morgan fingerprint density at radius 3 is 2.79 bits per heavy atom. The van der Waals surface area contributed by atoms with Gasteiger partial charge < -0.3 is 19.2 Å². The van der Waals surface area contributed by atoms with Gasteiger partial charge >= 0.3 is 0 Å². The topological polar surface area (TPSA) is 88.7 Å². The molecule has 1 N–H and O–H groups in total. The lowest BCUT2D eigenvalue weighted by Crippen LogP contribution is -2.44. The smallest absolute Gasteiger partial charge is 0.223 e. The predicted molar refractivity (Wildman–Crippen MR) is 104 cm³/mol. The van der Waals surface area contributed by atoms with E-state index in [0.29, 0.717) is 37.5 Å². The first kappa shape index (κ1) is 20.3. The summed E-state index contributed by atoms with van der Waals surface area (Å²) in [5, 5.41) is 17.4. The van der Waals surface area contributed by atoms with Crippen LogP contribution in [0.3, 0.4) is 0 Å². The molecule has 28 heavy (non-hydrogen) atoms. The number of aromatic nitrogens is 2. The second-order valence-electron chi connectivity index (χ2n) is 7.15. The normalized spacial score (nSPS) is 16.9. The van der Waals surface area contributed by atoms with Crippen molar-refractivity contribution in [2.45, 2.75) is 57.4 Å². The fraction of sp³-hybridized carbons (Fsp3) is 0.571. The molecule has 7 heteroatoms. The first-order valence-electron chi connectivity index (χ1n) is 10.0. The van der Waals surface area contributed by atoms with Gasteiger partial charge in [0.05, 0.1) is 7.11 Å². The van der Waals surface area contributed by atoms with Crippen LogP contribution in [0.2, 0.25) is 0 Å². The summed E-state index contributed by atoms with van der Waals surface area (Å²) in [6, 6.07) is 8.04. The van der Waals surface area contributed by atoms with Crippen molar-refractivity contribution in [2.75, 3.05) is 20.3 Å². The van der Waals surface area contributed by atoms with Crippen molar-refractivity contribution in [1.29, 1.82) is 0 Å². The van der Waals surface area contributed by atoms with Crippen molar-refractivity contribution in [1.82, 2.24) is 15.1 Å². The molecule has 1 atom stereocenters. The third-order valence-corrected chi connectivity index (χ3v) is 5.27. The van der Waals surface area contributed by atoms with Gasteiger partial charge in [0.2, 0.25) is 17.7 Å². The van der Waals surface area contributed by atoms with Crippen LogP contribution in [0.1, 0.15) is 49.4 Å². The molecule has 0 spiro atoms. The van der Waals surface area contributed by atoms with Crippen LogP contribution in [-0.4, -0.2) is 52.4 Å². The summed E-state index contributed by atoms with van der Waals surface area (Å²) in [6.07, 6.45) is 5.96. The largest absolute Gasteiger partial charge is 0.496 e. The Balaban J connectivity index is 1.49. The first-order valence-corrected chi connectivity index (χ1v) is 10.0. The monoisotopic (exact) mass is 387 g/mol. The average molecular weight is 387 g/mol. The van der Waals surface area contributed by atoms with E-state index >= 15 is 0 Å². The Labute approximate surface area is 165 Å². The van der Waals surface area contributed by atoms with Crippen LogP contribution in [0, 0.1) is 0 Å². The van der Waals surface area contributed by atoms with E-state index in [1.165, 1.54) is 0 Å². The van der Waals surface area contributed by atoms with Crippen LogP contribution in [0.15, 0.2) is 28.7 Å². The third-order valence-electron chi connectivity index (χ3n) is 5.27. The maximum absolute atomic E-state index is 12.6. The minimum Gasteiger partial charge on any atom is -0.496 e.